The molecule has 1 aromatic carbocycles. The van der Waals surface area contributed by atoms with E-state index in [1.807, 2.05) is 0 Å². The van der Waals surface area contributed by atoms with Crippen LogP contribution < -0.4 is 4.90 Å². The van der Waals surface area contributed by atoms with Crippen molar-refractivity contribution in [1.82, 2.24) is 4.31 Å². The zero-order valence-corrected chi connectivity index (χ0v) is 18.4. The molecule has 13 heteroatoms. The summed E-state index contributed by atoms with van der Waals surface area (Å²) in [6, 6.07) is 3.75. The lowest BCUT2D eigenvalue weighted by Crippen LogP contribution is -2.38. The number of nitrogens with zero attached hydrogens (tertiary/aromatic N) is 2. The van der Waals surface area contributed by atoms with Gasteiger partial charge >= 0.3 is 10.4 Å². The average molecular weight is 475 g/mol. The van der Waals surface area contributed by atoms with Gasteiger partial charge < -0.3 is 9.64 Å². The smallest absolute Gasteiger partial charge is 0.383 e. The molecule has 0 radical (unpaired) electrons. The van der Waals surface area contributed by atoms with Gasteiger partial charge in [-0.1, -0.05) is 0 Å². The predicted octanol–water partition coefficient (Wildman–Crippen LogP) is 0.0657. The average Bonchev–Trinajstić information content (AvgIpc) is 3.39. The highest BCUT2D eigenvalue weighted by atomic mass is 32.3. The maximum absolute atomic E-state index is 13.1. The molecule has 170 valence electrons. The Morgan fingerprint density at radius 2 is 2.03 bits per heavy atom. The number of rotatable bonds is 7. The van der Waals surface area contributed by atoms with Crippen LogP contribution in [0.2, 0.25) is 0 Å². The lowest BCUT2D eigenvalue weighted by Gasteiger charge is -2.24. The Morgan fingerprint density at radius 3 is 2.71 bits per heavy atom. The topological polar surface area (TPSA) is 137 Å². The summed E-state index contributed by atoms with van der Waals surface area (Å²) < 4.78 is 64.4. The van der Waals surface area contributed by atoms with Crippen LogP contribution in [-0.4, -0.2) is 78.4 Å². The Kier molecular flexibility index (Phi) is 5.91. The molecule has 3 aliphatic rings. The summed E-state index contributed by atoms with van der Waals surface area (Å²) in [6.45, 7) is 0.493. The second-order valence-corrected chi connectivity index (χ2v) is 10.7. The maximum atomic E-state index is 13.1. The van der Waals surface area contributed by atoms with Crippen LogP contribution in [-0.2, 0) is 38.3 Å². The number of benzene rings is 1. The molecule has 2 saturated heterocycles. The zero-order chi connectivity index (χ0) is 22.4. The van der Waals surface area contributed by atoms with Crippen molar-refractivity contribution in [2.75, 3.05) is 38.3 Å². The van der Waals surface area contributed by atoms with Crippen LogP contribution in [0.3, 0.4) is 0 Å². The fourth-order valence-electron chi connectivity index (χ4n) is 4.07. The van der Waals surface area contributed by atoms with E-state index in [9.17, 15) is 26.4 Å². The van der Waals surface area contributed by atoms with Crippen LogP contribution >= 0.6 is 0 Å². The van der Waals surface area contributed by atoms with Crippen LogP contribution in [0.15, 0.2) is 23.1 Å². The number of fused-ring (bicyclic) bond motifs is 1. The Morgan fingerprint density at radius 1 is 1.26 bits per heavy atom. The lowest BCUT2D eigenvalue weighted by atomic mass is 10.1. The summed E-state index contributed by atoms with van der Waals surface area (Å²) in [5, 5.41) is 0. The second-order valence-electron chi connectivity index (χ2n) is 7.53. The third-order valence-corrected chi connectivity index (χ3v) is 8.44. The molecule has 0 aromatic heterocycles. The molecule has 4 rings (SSSR count). The SMILES string of the molecule is COC[C@@H]1CCCN1S(=O)(=O)c1ccc2c(c1)C(=O)C(=O)N2CC[C@H]1COS(=O)(=O)O1. The van der Waals surface area contributed by atoms with Gasteiger partial charge in [-0.05, 0) is 37.5 Å². The number of hydrogen-bond acceptors (Lipinski definition) is 9. The number of methoxy groups -OCH3 is 1. The number of sulfonamides is 1. The standard InChI is InChI=1S/C18H22N2O9S2/c1-27-10-12-3-2-7-20(12)30(23,24)14-4-5-16-15(9-14)17(21)18(22)19(16)8-6-13-11-28-31(25,26)29-13/h4-5,9,12-13H,2-3,6-8,10-11H2,1H3/t12-,13-/m0/s1. The van der Waals surface area contributed by atoms with E-state index in [1.165, 1.54) is 34.5 Å². The molecule has 3 aliphatic heterocycles. The molecule has 11 nitrogen and oxygen atoms in total. The number of ketones is 1. The highest BCUT2D eigenvalue weighted by Gasteiger charge is 2.40. The minimum atomic E-state index is -4.02. The van der Waals surface area contributed by atoms with Crippen LogP contribution in [0.5, 0.6) is 0 Å². The third kappa shape index (κ3) is 4.13. The summed E-state index contributed by atoms with van der Waals surface area (Å²) in [5.41, 5.74) is 0.287. The highest BCUT2D eigenvalue weighted by molar-refractivity contribution is 7.89. The summed E-state index contributed by atoms with van der Waals surface area (Å²) in [5.74, 6) is -1.61. The number of carbonyl (C=O) groups excluding carboxylic acids is 2. The first kappa shape index (κ1) is 22.3. The molecule has 0 saturated carbocycles. The molecular weight excluding hydrogens is 452 g/mol. The molecule has 31 heavy (non-hydrogen) atoms. The van der Waals surface area contributed by atoms with E-state index in [-0.39, 0.29) is 48.4 Å². The van der Waals surface area contributed by atoms with E-state index < -0.39 is 38.2 Å². The van der Waals surface area contributed by atoms with E-state index in [1.54, 1.807) is 0 Å². The van der Waals surface area contributed by atoms with Gasteiger partial charge in [-0.2, -0.15) is 12.7 Å². The Labute approximate surface area is 180 Å². The molecule has 0 spiro atoms. The van der Waals surface area contributed by atoms with E-state index in [4.69, 9.17) is 8.92 Å². The number of Topliss-reactive ketones (excluding diaryl/α,β-unsaturated/α-hetero) is 1. The van der Waals surface area contributed by atoms with Gasteiger partial charge in [0.15, 0.2) is 0 Å². The third-order valence-electron chi connectivity index (χ3n) is 5.56. The van der Waals surface area contributed by atoms with Gasteiger partial charge in [-0.15, -0.1) is 0 Å². The van der Waals surface area contributed by atoms with Gasteiger partial charge in [-0.3, -0.25) is 9.59 Å². The fraction of sp³-hybridized carbons (Fsp3) is 0.556. The quantitative estimate of drug-likeness (QED) is 0.503. The van der Waals surface area contributed by atoms with E-state index in [2.05, 4.69) is 4.18 Å². The Bertz CT molecular complexity index is 1120. The van der Waals surface area contributed by atoms with Crippen molar-refractivity contribution in [3.8, 4) is 0 Å². The first-order valence-corrected chi connectivity index (χ1v) is 12.5. The molecule has 1 aromatic rings. The fourth-order valence-corrected chi connectivity index (χ4v) is 6.63. The Balaban J connectivity index is 1.55. The predicted molar refractivity (Wildman–Crippen MR) is 106 cm³/mol. The lowest BCUT2D eigenvalue weighted by molar-refractivity contribution is -0.114. The van der Waals surface area contributed by atoms with Crippen LogP contribution in [0.4, 0.5) is 5.69 Å². The van der Waals surface area contributed by atoms with E-state index in [0.29, 0.717) is 19.4 Å². The Hall–Kier alpha value is -1.90. The first-order valence-electron chi connectivity index (χ1n) is 9.73. The summed E-state index contributed by atoms with van der Waals surface area (Å²) in [6.07, 6.45) is 0.770. The first-order chi connectivity index (χ1) is 14.6. The van der Waals surface area contributed by atoms with Gasteiger partial charge in [0.05, 0.1) is 29.4 Å². The molecule has 3 heterocycles. The molecule has 0 N–H and O–H groups in total. The minimum absolute atomic E-state index is 0.00442. The molecule has 0 aliphatic carbocycles. The summed E-state index contributed by atoms with van der Waals surface area (Å²) in [4.78, 5) is 26.1. The van der Waals surface area contributed by atoms with Crippen molar-refractivity contribution in [3.05, 3.63) is 23.8 Å². The number of ether oxygens (including phenoxy) is 1. The van der Waals surface area contributed by atoms with Crippen LogP contribution in [0.1, 0.15) is 29.6 Å². The van der Waals surface area contributed by atoms with Gasteiger partial charge in [0.2, 0.25) is 10.0 Å². The molecule has 0 bridgehead atoms. The van der Waals surface area contributed by atoms with Crippen molar-refractivity contribution in [1.29, 1.82) is 0 Å². The largest absolute Gasteiger partial charge is 0.400 e. The molecule has 2 fully saturated rings. The van der Waals surface area contributed by atoms with Crippen molar-refractivity contribution in [2.24, 2.45) is 0 Å². The van der Waals surface area contributed by atoms with Crippen molar-refractivity contribution in [2.45, 2.75) is 36.3 Å². The van der Waals surface area contributed by atoms with Gasteiger partial charge in [-0.25, -0.2) is 16.8 Å². The summed E-state index contributed by atoms with van der Waals surface area (Å²) >= 11 is 0. The maximum Gasteiger partial charge on any atom is 0.400 e. The minimum Gasteiger partial charge on any atom is -0.383 e. The van der Waals surface area contributed by atoms with Crippen molar-refractivity contribution >= 4 is 37.8 Å². The number of anilines is 1. The number of hydrogen-bond donors (Lipinski definition) is 0. The number of amides is 1. The molecule has 1 amide bonds. The van der Waals surface area contributed by atoms with Crippen molar-refractivity contribution in [3.63, 3.8) is 0 Å². The number of carbonyl (C=O) groups is 2. The van der Waals surface area contributed by atoms with Crippen molar-refractivity contribution < 1.29 is 39.5 Å². The molecular formula is C18H22N2O9S2. The van der Waals surface area contributed by atoms with Crippen LogP contribution in [0, 0.1) is 0 Å². The summed E-state index contributed by atoms with van der Waals surface area (Å²) in [7, 11) is -6.37. The van der Waals surface area contributed by atoms with E-state index >= 15 is 0 Å². The molecule has 0 unspecified atom stereocenters. The van der Waals surface area contributed by atoms with Crippen LogP contribution in [0.25, 0.3) is 0 Å². The zero-order valence-electron chi connectivity index (χ0n) is 16.7. The van der Waals surface area contributed by atoms with Gasteiger partial charge in [0, 0.05) is 26.2 Å². The second kappa shape index (κ2) is 8.22. The van der Waals surface area contributed by atoms with Gasteiger partial charge in [0.1, 0.15) is 6.10 Å². The van der Waals surface area contributed by atoms with Gasteiger partial charge in [0.25, 0.3) is 11.7 Å². The molecule has 2 atom stereocenters. The highest BCUT2D eigenvalue weighted by Crippen LogP contribution is 2.34. The normalized spacial score (nSPS) is 26.0. The van der Waals surface area contributed by atoms with E-state index in [0.717, 1.165) is 0 Å². The monoisotopic (exact) mass is 474 g/mol.